The number of anilines is 2. The van der Waals surface area contributed by atoms with Crippen molar-refractivity contribution in [3.8, 4) is 6.07 Å². The zero-order chi connectivity index (χ0) is 19.3. The zero-order valence-corrected chi connectivity index (χ0v) is 15.8. The molecule has 0 saturated heterocycles. The first-order valence-corrected chi connectivity index (χ1v) is 9.21. The number of para-hydroxylation sites is 2. The molecule has 6 heteroatoms. The molecule has 0 unspecified atom stereocenters. The maximum absolute atomic E-state index is 8.91. The van der Waals surface area contributed by atoms with Gasteiger partial charge in [0.25, 0.3) is 0 Å². The number of hydrogen-bond donors (Lipinski definition) is 2. The van der Waals surface area contributed by atoms with Crippen molar-refractivity contribution in [2.45, 2.75) is 6.54 Å². The number of fused-ring (bicyclic) bond motifs is 1. The van der Waals surface area contributed by atoms with Crippen LogP contribution in [0.1, 0.15) is 11.1 Å². The van der Waals surface area contributed by atoms with Gasteiger partial charge in [0.05, 0.1) is 29.2 Å². The molecule has 0 amide bonds. The molecule has 1 heterocycles. The van der Waals surface area contributed by atoms with Crippen LogP contribution in [0, 0.1) is 11.3 Å². The molecule has 0 aliphatic rings. The van der Waals surface area contributed by atoms with E-state index < -0.39 is 0 Å². The van der Waals surface area contributed by atoms with Crippen molar-refractivity contribution < 1.29 is 0 Å². The number of nitrogens with zero attached hydrogens (tertiary/aromatic N) is 3. The summed E-state index contributed by atoms with van der Waals surface area (Å²) in [5, 5.41) is 15.7. The molecule has 2 N–H and O–H groups in total. The largest absolute Gasteiger partial charge is 0.332 e. The Morgan fingerprint density at radius 1 is 0.929 bits per heavy atom. The molecule has 0 aliphatic carbocycles. The van der Waals surface area contributed by atoms with Crippen molar-refractivity contribution in [3.05, 3.63) is 90.0 Å². The van der Waals surface area contributed by atoms with Crippen LogP contribution in [0.3, 0.4) is 0 Å². The Bertz CT molecular complexity index is 1160. The van der Waals surface area contributed by atoms with E-state index in [1.807, 2.05) is 54.6 Å². The van der Waals surface area contributed by atoms with E-state index in [9.17, 15) is 0 Å². The van der Waals surface area contributed by atoms with Crippen molar-refractivity contribution in [2.24, 2.45) is 0 Å². The standard InChI is InChI=1S/C22H17N5S/c23-14-16-10-12-18(13-11-16)24-22(28)26-21-25-19-8-4-5-9-20(19)27(21)15-17-6-2-1-3-7-17/h1-13H,15H2,(H2,24,25,26,28). The van der Waals surface area contributed by atoms with Gasteiger partial charge in [-0.2, -0.15) is 5.26 Å². The average molecular weight is 383 g/mol. The number of nitrogens with one attached hydrogen (secondary N) is 2. The normalized spacial score (nSPS) is 10.4. The number of nitriles is 1. The van der Waals surface area contributed by atoms with Crippen LogP contribution in [0.25, 0.3) is 11.0 Å². The molecule has 0 bridgehead atoms. The Balaban J connectivity index is 1.59. The fraction of sp³-hybridized carbons (Fsp3) is 0.0455. The Morgan fingerprint density at radius 2 is 1.64 bits per heavy atom. The van der Waals surface area contributed by atoms with E-state index in [0.717, 1.165) is 16.7 Å². The Kier molecular flexibility index (Phi) is 5.00. The van der Waals surface area contributed by atoms with E-state index in [4.69, 9.17) is 22.5 Å². The molecule has 4 rings (SSSR count). The fourth-order valence-corrected chi connectivity index (χ4v) is 3.20. The number of imidazole rings is 1. The zero-order valence-electron chi connectivity index (χ0n) is 15.0. The smallest absolute Gasteiger partial charge is 0.210 e. The lowest BCUT2D eigenvalue weighted by Gasteiger charge is -2.13. The molecule has 0 spiro atoms. The Hall–Kier alpha value is -3.69. The Morgan fingerprint density at radius 3 is 2.39 bits per heavy atom. The van der Waals surface area contributed by atoms with E-state index in [2.05, 4.69) is 33.4 Å². The third-order valence-electron chi connectivity index (χ3n) is 4.34. The van der Waals surface area contributed by atoms with Crippen LogP contribution in [0.5, 0.6) is 0 Å². The Labute approximate surface area is 168 Å². The number of hydrogen-bond acceptors (Lipinski definition) is 3. The molecule has 0 atom stereocenters. The number of benzene rings is 3. The van der Waals surface area contributed by atoms with Crippen LogP contribution in [-0.4, -0.2) is 14.7 Å². The molecule has 3 aromatic carbocycles. The summed E-state index contributed by atoms with van der Waals surface area (Å²) >= 11 is 5.47. The highest BCUT2D eigenvalue weighted by molar-refractivity contribution is 7.80. The third-order valence-corrected chi connectivity index (χ3v) is 4.54. The second-order valence-electron chi connectivity index (χ2n) is 6.26. The van der Waals surface area contributed by atoms with Gasteiger partial charge < -0.3 is 15.2 Å². The first kappa shape index (κ1) is 17.7. The predicted octanol–water partition coefficient (Wildman–Crippen LogP) is 4.77. The van der Waals surface area contributed by atoms with E-state index in [1.54, 1.807) is 12.1 Å². The van der Waals surface area contributed by atoms with Crippen molar-refractivity contribution in [1.82, 2.24) is 9.55 Å². The van der Waals surface area contributed by atoms with Gasteiger partial charge in [-0.15, -0.1) is 0 Å². The van der Waals surface area contributed by atoms with Gasteiger partial charge in [-0.1, -0.05) is 42.5 Å². The molecule has 0 radical (unpaired) electrons. The highest BCUT2D eigenvalue weighted by Crippen LogP contribution is 2.21. The molecule has 28 heavy (non-hydrogen) atoms. The first-order valence-electron chi connectivity index (χ1n) is 8.80. The maximum atomic E-state index is 8.91. The third kappa shape index (κ3) is 3.85. The van der Waals surface area contributed by atoms with Gasteiger partial charge in [0.15, 0.2) is 5.11 Å². The molecular weight excluding hydrogens is 366 g/mol. The van der Waals surface area contributed by atoms with Crippen LogP contribution < -0.4 is 10.6 Å². The van der Waals surface area contributed by atoms with Gasteiger partial charge in [0, 0.05) is 5.69 Å². The molecule has 4 aromatic rings. The quantitative estimate of drug-likeness (QED) is 0.497. The van der Waals surface area contributed by atoms with Crippen LogP contribution in [0.2, 0.25) is 0 Å². The minimum Gasteiger partial charge on any atom is -0.332 e. The number of rotatable bonds is 4. The van der Waals surface area contributed by atoms with Crippen molar-refractivity contribution in [1.29, 1.82) is 5.26 Å². The minimum atomic E-state index is 0.439. The number of aromatic nitrogens is 2. The minimum absolute atomic E-state index is 0.439. The average Bonchev–Trinajstić information content (AvgIpc) is 3.06. The molecular formula is C22H17N5S. The number of thiocarbonyl (C=S) groups is 1. The van der Waals surface area contributed by atoms with Crippen molar-refractivity contribution in [3.63, 3.8) is 0 Å². The van der Waals surface area contributed by atoms with E-state index in [0.29, 0.717) is 23.2 Å². The molecule has 0 fully saturated rings. The second kappa shape index (κ2) is 7.91. The van der Waals surface area contributed by atoms with Crippen LogP contribution in [0.4, 0.5) is 11.6 Å². The second-order valence-corrected chi connectivity index (χ2v) is 6.67. The van der Waals surface area contributed by atoms with Crippen LogP contribution in [0.15, 0.2) is 78.9 Å². The topological polar surface area (TPSA) is 65.7 Å². The van der Waals surface area contributed by atoms with Gasteiger partial charge in [0.1, 0.15) is 0 Å². The van der Waals surface area contributed by atoms with Crippen molar-refractivity contribution in [2.75, 3.05) is 10.6 Å². The molecule has 136 valence electrons. The predicted molar refractivity (Wildman–Crippen MR) is 116 cm³/mol. The van der Waals surface area contributed by atoms with Gasteiger partial charge in [0.2, 0.25) is 5.95 Å². The van der Waals surface area contributed by atoms with Gasteiger partial charge in [-0.3, -0.25) is 0 Å². The lowest BCUT2D eigenvalue weighted by Crippen LogP contribution is -2.21. The summed E-state index contributed by atoms with van der Waals surface area (Å²) in [7, 11) is 0. The summed E-state index contributed by atoms with van der Waals surface area (Å²) in [6.45, 7) is 0.684. The molecule has 1 aromatic heterocycles. The van der Waals surface area contributed by atoms with Crippen molar-refractivity contribution >= 4 is 40.0 Å². The summed E-state index contributed by atoms with van der Waals surface area (Å²) in [5.41, 5.74) is 4.54. The summed E-state index contributed by atoms with van der Waals surface area (Å²) in [4.78, 5) is 4.70. The fourth-order valence-electron chi connectivity index (χ4n) is 2.99. The summed E-state index contributed by atoms with van der Waals surface area (Å²) in [6.07, 6.45) is 0. The highest BCUT2D eigenvalue weighted by atomic mass is 32.1. The van der Waals surface area contributed by atoms with E-state index in [-0.39, 0.29) is 0 Å². The van der Waals surface area contributed by atoms with E-state index in [1.165, 1.54) is 5.56 Å². The van der Waals surface area contributed by atoms with Crippen LogP contribution in [-0.2, 0) is 6.54 Å². The highest BCUT2D eigenvalue weighted by Gasteiger charge is 2.12. The lowest BCUT2D eigenvalue weighted by molar-refractivity contribution is 0.837. The molecule has 0 saturated carbocycles. The molecule has 5 nitrogen and oxygen atoms in total. The van der Waals surface area contributed by atoms with Gasteiger partial charge >= 0.3 is 0 Å². The van der Waals surface area contributed by atoms with Gasteiger partial charge in [-0.05, 0) is 54.2 Å². The van der Waals surface area contributed by atoms with E-state index >= 15 is 0 Å². The monoisotopic (exact) mass is 383 g/mol. The van der Waals surface area contributed by atoms with Crippen LogP contribution >= 0.6 is 12.2 Å². The SMILES string of the molecule is N#Cc1ccc(NC(=S)Nc2nc3ccccc3n2Cc2ccccc2)cc1. The summed E-state index contributed by atoms with van der Waals surface area (Å²) in [5.74, 6) is 0.677. The molecule has 0 aliphatic heterocycles. The summed E-state index contributed by atoms with van der Waals surface area (Å²) in [6, 6.07) is 27.5. The maximum Gasteiger partial charge on any atom is 0.210 e. The summed E-state index contributed by atoms with van der Waals surface area (Å²) < 4.78 is 2.11. The lowest BCUT2D eigenvalue weighted by atomic mass is 10.2. The van der Waals surface area contributed by atoms with Gasteiger partial charge in [-0.25, -0.2) is 4.98 Å². The first-order chi connectivity index (χ1) is 13.7.